The number of rotatable bonds is 7. The molecule has 0 aliphatic carbocycles. The van der Waals surface area contributed by atoms with Crippen molar-refractivity contribution in [3.8, 4) is 0 Å². The third-order valence-electron chi connectivity index (χ3n) is 1.92. The molecule has 0 saturated carbocycles. The molecule has 1 heterocycles. The monoisotopic (exact) mass is 212 g/mol. The fraction of sp³-hybridized carbons (Fsp3) is 0.800. The van der Waals surface area contributed by atoms with Gasteiger partial charge in [-0.15, -0.1) is 5.10 Å². The van der Waals surface area contributed by atoms with E-state index in [9.17, 15) is 0 Å². The summed E-state index contributed by atoms with van der Waals surface area (Å²) in [5, 5.41) is 11.1. The van der Waals surface area contributed by atoms with E-state index in [1.807, 2.05) is 13.2 Å². The van der Waals surface area contributed by atoms with Crippen LogP contribution in [0.25, 0.3) is 0 Å². The van der Waals surface area contributed by atoms with Gasteiger partial charge in [-0.2, -0.15) is 0 Å². The summed E-state index contributed by atoms with van der Waals surface area (Å²) in [6.07, 6.45) is 2.89. The van der Waals surface area contributed by atoms with Gasteiger partial charge in [0.1, 0.15) is 5.69 Å². The summed E-state index contributed by atoms with van der Waals surface area (Å²) in [6, 6.07) is 0.546. The standard InChI is InChI=1S/C10H20N4O/c1-9(2)11-5-4-6-15-8-10-7-14(3)13-12-10/h7,9,11H,4-6,8H2,1-3H3. The van der Waals surface area contributed by atoms with Crippen molar-refractivity contribution in [1.29, 1.82) is 0 Å². The van der Waals surface area contributed by atoms with E-state index in [1.165, 1.54) is 0 Å². The van der Waals surface area contributed by atoms with Crippen molar-refractivity contribution in [3.63, 3.8) is 0 Å². The van der Waals surface area contributed by atoms with Crippen LogP contribution >= 0.6 is 0 Å². The SMILES string of the molecule is CC(C)NCCCOCc1cn(C)nn1. The maximum absolute atomic E-state index is 5.46. The highest BCUT2D eigenvalue weighted by Gasteiger charge is 1.98. The van der Waals surface area contributed by atoms with Crippen molar-refractivity contribution in [1.82, 2.24) is 20.3 Å². The lowest BCUT2D eigenvalue weighted by atomic mass is 10.3. The minimum absolute atomic E-state index is 0.546. The van der Waals surface area contributed by atoms with E-state index in [0.29, 0.717) is 12.6 Å². The van der Waals surface area contributed by atoms with Gasteiger partial charge in [-0.3, -0.25) is 4.68 Å². The number of aromatic nitrogens is 3. The highest BCUT2D eigenvalue weighted by Crippen LogP contribution is 1.95. The summed E-state index contributed by atoms with van der Waals surface area (Å²) in [7, 11) is 1.85. The Morgan fingerprint density at radius 3 is 2.93 bits per heavy atom. The Labute approximate surface area is 90.8 Å². The maximum Gasteiger partial charge on any atom is 0.108 e. The predicted molar refractivity (Wildman–Crippen MR) is 58.4 cm³/mol. The lowest BCUT2D eigenvalue weighted by Gasteiger charge is -2.07. The van der Waals surface area contributed by atoms with Gasteiger partial charge >= 0.3 is 0 Å². The van der Waals surface area contributed by atoms with E-state index in [4.69, 9.17) is 4.74 Å². The first-order chi connectivity index (χ1) is 7.18. The molecule has 5 heteroatoms. The lowest BCUT2D eigenvalue weighted by molar-refractivity contribution is 0.115. The summed E-state index contributed by atoms with van der Waals surface area (Å²) in [5.74, 6) is 0. The molecule has 86 valence electrons. The van der Waals surface area contributed by atoms with Crippen molar-refractivity contribution < 1.29 is 4.74 Å². The predicted octanol–water partition coefficient (Wildman–Crippen LogP) is 0.720. The fourth-order valence-corrected chi connectivity index (χ4v) is 1.20. The topological polar surface area (TPSA) is 52.0 Å². The normalized spacial score (nSPS) is 11.2. The Balaban J connectivity index is 1.98. The summed E-state index contributed by atoms with van der Waals surface area (Å²) < 4.78 is 7.14. The minimum atomic E-state index is 0.546. The first kappa shape index (κ1) is 12.1. The van der Waals surface area contributed by atoms with Gasteiger partial charge in [-0.05, 0) is 13.0 Å². The molecule has 0 atom stereocenters. The van der Waals surface area contributed by atoms with Crippen LogP contribution in [0, 0.1) is 0 Å². The van der Waals surface area contributed by atoms with E-state index < -0.39 is 0 Å². The van der Waals surface area contributed by atoms with Gasteiger partial charge in [0.25, 0.3) is 0 Å². The zero-order valence-electron chi connectivity index (χ0n) is 9.73. The number of nitrogens with zero attached hydrogens (tertiary/aromatic N) is 3. The highest BCUT2D eigenvalue weighted by molar-refractivity contribution is 4.88. The molecule has 0 aliphatic heterocycles. The van der Waals surface area contributed by atoms with Crippen molar-refractivity contribution in [2.24, 2.45) is 7.05 Å². The second kappa shape index (κ2) is 6.53. The lowest BCUT2D eigenvalue weighted by Crippen LogP contribution is -2.24. The molecule has 0 fully saturated rings. The Bertz CT molecular complexity index is 272. The molecule has 0 spiro atoms. The molecule has 1 N–H and O–H groups in total. The van der Waals surface area contributed by atoms with Gasteiger partial charge in [0.15, 0.2) is 0 Å². The Kier molecular flexibility index (Phi) is 5.28. The average molecular weight is 212 g/mol. The molecule has 0 bridgehead atoms. The van der Waals surface area contributed by atoms with Crippen LogP contribution in [0.3, 0.4) is 0 Å². The van der Waals surface area contributed by atoms with Crippen LogP contribution in [0.1, 0.15) is 26.0 Å². The van der Waals surface area contributed by atoms with Crippen LogP contribution in [0.4, 0.5) is 0 Å². The van der Waals surface area contributed by atoms with E-state index in [2.05, 4.69) is 29.5 Å². The quantitative estimate of drug-likeness (QED) is 0.677. The molecule has 1 aromatic heterocycles. The Hall–Kier alpha value is -0.940. The van der Waals surface area contributed by atoms with Gasteiger partial charge in [0.2, 0.25) is 0 Å². The first-order valence-electron chi connectivity index (χ1n) is 5.35. The molecule has 0 amide bonds. The second-order valence-electron chi connectivity index (χ2n) is 3.90. The van der Waals surface area contributed by atoms with Gasteiger partial charge in [0, 0.05) is 19.7 Å². The van der Waals surface area contributed by atoms with Crippen LogP contribution in [-0.4, -0.2) is 34.2 Å². The van der Waals surface area contributed by atoms with E-state index in [0.717, 1.165) is 25.3 Å². The van der Waals surface area contributed by atoms with E-state index in [-0.39, 0.29) is 0 Å². The minimum Gasteiger partial charge on any atom is -0.375 e. The third-order valence-corrected chi connectivity index (χ3v) is 1.92. The molecule has 0 aliphatic rings. The Morgan fingerprint density at radius 2 is 2.33 bits per heavy atom. The molecular formula is C10H20N4O. The fourth-order valence-electron chi connectivity index (χ4n) is 1.20. The maximum atomic E-state index is 5.46. The molecule has 1 rings (SSSR count). The molecule has 1 aromatic rings. The zero-order valence-corrected chi connectivity index (χ0v) is 9.73. The van der Waals surface area contributed by atoms with Gasteiger partial charge in [-0.25, -0.2) is 0 Å². The van der Waals surface area contributed by atoms with Crippen molar-refractivity contribution in [3.05, 3.63) is 11.9 Å². The number of ether oxygens (including phenoxy) is 1. The van der Waals surface area contributed by atoms with Crippen molar-refractivity contribution in [2.45, 2.75) is 32.9 Å². The largest absolute Gasteiger partial charge is 0.375 e. The third kappa shape index (κ3) is 5.49. The van der Waals surface area contributed by atoms with Crippen LogP contribution in [0.2, 0.25) is 0 Å². The molecule has 0 saturated heterocycles. The summed E-state index contributed by atoms with van der Waals surface area (Å²) in [5.41, 5.74) is 0.884. The average Bonchev–Trinajstić information content (AvgIpc) is 2.57. The van der Waals surface area contributed by atoms with Gasteiger partial charge in [-0.1, -0.05) is 19.1 Å². The first-order valence-corrected chi connectivity index (χ1v) is 5.35. The smallest absolute Gasteiger partial charge is 0.108 e. The molecule has 0 unspecified atom stereocenters. The van der Waals surface area contributed by atoms with Crippen molar-refractivity contribution >= 4 is 0 Å². The highest BCUT2D eigenvalue weighted by atomic mass is 16.5. The molecule has 15 heavy (non-hydrogen) atoms. The van der Waals surface area contributed by atoms with Gasteiger partial charge in [0.05, 0.1) is 12.8 Å². The van der Waals surface area contributed by atoms with Gasteiger partial charge < -0.3 is 10.1 Å². The molecule has 0 radical (unpaired) electrons. The van der Waals surface area contributed by atoms with Crippen LogP contribution in [0.15, 0.2) is 6.20 Å². The zero-order chi connectivity index (χ0) is 11.1. The molecule has 5 nitrogen and oxygen atoms in total. The van der Waals surface area contributed by atoms with Crippen molar-refractivity contribution in [2.75, 3.05) is 13.2 Å². The van der Waals surface area contributed by atoms with Crippen LogP contribution in [0.5, 0.6) is 0 Å². The van der Waals surface area contributed by atoms with E-state index in [1.54, 1.807) is 4.68 Å². The van der Waals surface area contributed by atoms with Crippen LogP contribution < -0.4 is 5.32 Å². The number of hydrogen-bond donors (Lipinski definition) is 1. The van der Waals surface area contributed by atoms with Crippen LogP contribution in [-0.2, 0) is 18.4 Å². The summed E-state index contributed by atoms with van der Waals surface area (Å²) in [6.45, 7) is 6.59. The summed E-state index contributed by atoms with van der Waals surface area (Å²) >= 11 is 0. The number of aryl methyl sites for hydroxylation is 1. The number of nitrogens with one attached hydrogen (secondary N) is 1. The molecular weight excluding hydrogens is 192 g/mol. The number of hydrogen-bond acceptors (Lipinski definition) is 4. The Morgan fingerprint density at radius 1 is 1.53 bits per heavy atom. The summed E-state index contributed by atoms with van der Waals surface area (Å²) in [4.78, 5) is 0. The molecule has 0 aromatic carbocycles. The van der Waals surface area contributed by atoms with E-state index >= 15 is 0 Å². The second-order valence-corrected chi connectivity index (χ2v) is 3.90.